The Hall–Kier alpha value is -2.70. The summed E-state index contributed by atoms with van der Waals surface area (Å²) >= 11 is 0. The second kappa shape index (κ2) is 11.2. The molecule has 6 nitrogen and oxygen atoms in total. The molecule has 0 N–H and O–H groups in total. The lowest BCUT2D eigenvalue weighted by Crippen LogP contribution is -2.33. The number of methoxy groups -OCH3 is 2. The second-order valence-electron chi connectivity index (χ2n) is 9.75. The zero-order valence-corrected chi connectivity index (χ0v) is 21.5. The highest BCUT2D eigenvalue weighted by molar-refractivity contribution is 5.78. The molecular weight excluding hydrogens is 430 g/mol. The molecule has 0 radical (unpaired) electrons. The third kappa shape index (κ3) is 6.05. The monoisotopic (exact) mass is 469 g/mol. The number of hydrogen-bond donors (Lipinski definition) is 0. The van der Waals surface area contributed by atoms with E-state index in [4.69, 9.17) is 23.7 Å². The predicted molar refractivity (Wildman–Crippen MR) is 136 cm³/mol. The molecule has 0 saturated heterocycles. The molecule has 2 heterocycles. The Morgan fingerprint density at radius 1 is 1.15 bits per heavy atom. The van der Waals surface area contributed by atoms with E-state index in [2.05, 4.69) is 57.2 Å². The van der Waals surface area contributed by atoms with E-state index in [-0.39, 0.29) is 11.5 Å². The second-order valence-corrected chi connectivity index (χ2v) is 9.75. The van der Waals surface area contributed by atoms with Crippen LogP contribution >= 0.6 is 0 Å². The molecule has 1 aromatic carbocycles. The Labute approximate surface area is 204 Å². The van der Waals surface area contributed by atoms with Crippen LogP contribution in [0, 0.1) is 5.41 Å². The lowest BCUT2D eigenvalue weighted by molar-refractivity contribution is -0.00280. The highest BCUT2D eigenvalue weighted by atomic mass is 16.5. The van der Waals surface area contributed by atoms with Crippen LogP contribution in [0.2, 0.25) is 0 Å². The van der Waals surface area contributed by atoms with Gasteiger partial charge in [-0.25, -0.2) is 0 Å². The number of allylic oxidation sites excluding steroid dienone is 2. The molecule has 0 unspecified atom stereocenters. The van der Waals surface area contributed by atoms with Crippen LogP contribution in [0.3, 0.4) is 0 Å². The number of rotatable bonds is 11. The fraction of sp³-hybridized carbons (Fsp3) is 0.500. The Bertz CT molecular complexity index is 970. The quantitative estimate of drug-likeness (QED) is 0.298. The lowest BCUT2D eigenvalue weighted by Gasteiger charge is -2.40. The van der Waals surface area contributed by atoms with Crippen LogP contribution in [0.4, 0.5) is 0 Å². The van der Waals surface area contributed by atoms with Gasteiger partial charge in [0.15, 0.2) is 11.5 Å². The van der Waals surface area contributed by atoms with Gasteiger partial charge in [0.1, 0.15) is 11.9 Å². The van der Waals surface area contributed by atoms with Crippen molar-refractivity contribution in [3.05, 3.63) is 65.6 Å². The van der Waals surface area contributed by atoms with Gasteiger partial charge >= 0.3 is 0 Å². The average molecular weight is 470 g/mol. The number of fused-ring (bicyclic) bond motifs is 3. The van der Waals surface area contributed by atoms with Crippen molar-refractivity contribution < 1.29 is 23.7 Å². The van der Waals surface area contributed by atoms with Gasteiger partial charge in [0, 0.05) is 43.2 Å². The van der Waals surface area contributed by atoms with Gasteiger partial charge in [0.25, 0.3) is 0 Å². The summed E-state index contributed by atoms with van der Waals surface area (Å²) < 4.78 is 29.1. The third-order valence-corrected chi connectivity index (χ3v) is 5.66. The van der Waals surface area contributed by atoms with Gasteiger partial charge in [-0.2, -0.15) is 0 Å². The molecule has 6 heteroatoms. The van der Waals surface area contributed by atoms with Crippen molar-refractivity contribution in [3.63, 3.8) is 0 Å². The maximum atomic E-state index is 6.47. The maximum Gasteiger partial charge on any atom is 0.161 e. The first-order valence-electron chi connectivity index (χ1n) is 11.9. The van der Waals surface area contributed by atoms with Gasteiger partial charge in [0.2, 0.25) is 0 Å². The van der Waals surface area contributed by atoms with Gasteiger partial charge in [0.05, 0.1) is 33.5 Å². The minimum Gasteiger partial charge on any atom is -0.494 e. The molecule has 2 aliphatic rings. The van der Waals surface area contributed by atoms with Crippen LogP contribution in [0.15, 0.2) is 54.5 Å². The molecule has 1 aromatic rings. The van der Waals surface area contributed by atoms with Crippen LogP contribution < -0.4 is 9.47 Å². The van der Waals surface area contributed by atoms with Crippen LogP contribution in [0.1, 0.15) is 51.3 Å². The molecular formula is C28H39NO5. The summed E-state index contributed by atoms with van der Waals surface area (Å²) in [6.45, 7) is 19.9. The van der Waals surface area contributed by atoms with Crippen molar-refractivity contribution in [2.45, 2.75) is 40.2 Å². The van der Waals surface area contributed by atoms with E-state index in [0.717, 1.165) is 34.4 Å². The van der Waals surface area contributed by atoms with Crippen LogP contribution in [0.5, 0.6) is 11.5 Å². The largest absolute Gasteiger partial charge is 0.494 e. The van der Waals surface area contributed by atoms with Crippen molar-refractivity contribution in [1.29, 1.82) is 0 Å². The molecule has 186 valence electrons. The van der Waals surface area contributed by atoms with E-state index >= 15 is 0 Å². The SMILES string of the molecule is C=C1C=C2c3cc(OC)c(OCCCOC)cc3[C@@H](OCC(C)(C)C)CN2C=C1C(=C)OCC. The summed E-state index contributed by atoms with van der Waals surface area (Å²) in [4.78, 5) is 2.20. The molecule has 3 rings (SSSR count). The number of nitrogens with zero attached hydrogens (tertiary/aromatic N) is 1. The van der Waals surface area contributed by atoms with Gasteiger partial charge in [-0.3, -0.25) is 0 Å². The van der Waals surface area contributed by atoms with Gasteiger partial charge < -0.3 is 28.6 Å². The molecule has 0 amide bonds. The number of ether oxygens (including phenoxy) is 5. The maximum absolute atomic E-state index is 6.47. The van der Waals surface area contributed by atoms with Crippen LogP contribution in [-0.4, -0.2) is 52.1 Å². The van der Waals surface area contributed by atoms with Crippen molar-refractivity contribution in [2.24, 2.45) is 5.41 Å². The number of benzene rings is 1. The van der Waals surface area contributed by atoms with Crippen molar-refractivity contribution in [2.75, 3.05) is 47.2 Å². The third-order valence-electron chi connectivity index (χ3n) is 5.66. The molecule has 1 atom stereocenters. The number of hydrogen-bond acceptors (Lipinski definition) is 6. The van der Waals surface area contributed by atoms with Gasteiger partial charge in [-0.15, -0.1) is 0 Å². The molecule has 0 bridgehead atoms. The lowest BCUT2D eigenvalue weighted by atomic mass is 9.89. The first kappa shape index (κ1) is 25.9. The summed E-state index contributed by atoms with van der Waals surface area (Å²) in [5.41, 5.74) is 4.99. The summed E-state index contributed by atoms with van der Waals surface area (Å²) in [6.07, 6.45) is 4.81. The molecule has 0 aliphatic carbocycles. The minimum atomic E-state index is -0.136. The Balaban J connectivity index is 2.01. The van der Waals surface area contributed by atoms with Crippen LogP contribution in [-0.2, 0) is 14.2 Å². The van der Waals surface area contributed by atoms with Crippen molar-refractivity contribution in [1.82, 2.24) is 4.90 Å². The first-order valence-corrected chi connectivity index (χ1v) is 11.9. The highest BCUT2D eigenvalue weighted by Gasteiger charge is 2.33. The van der Waals surface area contributed by atoms with Gasteiger partial charge in [-0.1, -0.05) is 33.9 Å². The van der Waals surface area contributed by atoms with E-state index in [1.807, 2.05) is 13.0 Å². The van der Waals surface area contributed by atoms with Crippen molar-refractivity contribution in [3.8, 4) is 11.5 Å². The van der Waals surface area contributed by atoms with E-state index in [1.54, 1.807) is 14.2 Å². The van der Waals surface area contributed by atoms with Gasteiger partial charge in [-0.05, 0) is 41.7 Å². The molecule has 34 heavy (non-hydrogen) atoms. The Kier molecular flexibility index (Phi) is 8.50. The van der Waals surface area contributed by atoms with E-state index in [9.17, 15) is 0 Å². The fourth-order valence-electron chi connectivity index (χ4n) is 4.01. The minimum absolute atomic E-state index is 0.0443. The first-order chi connectivity index (χ1) is 16.2. The molecule has 2 aliphatic heterocycles. The summed E-state index contributed by atoms with van der Waals surface area (Å²) in [6, 6.07) is 4.10. The van der Waals surface area contributed by atoms with E-state index in [1.165, 1.54) is 0 Å². The highest BCUT2D eigenvalue weighted by Crippen LogP contribution is 2.45. The average Bonchev–Trinajstić information content (AvgIpc) is 2.79. The Morgan fingerprint density at radius 2 is 1.91 bits per heavy atom. The van der Waals surface area contributed by atoms with E-state index in [0.29, 0.717) is 50.2 Å². The summed E-state index contributed by atoms with van der Waals surface area (Å²) in [7, 11) is 3.36. The summed E-state index contributed by atoms with van der Waals surface area (Å²) in [5, 5.41) is 0. The van der Waals surface area contributed by atoms with Crippen LogP contribution in [0.25, 0.3) is 5.70 Å². The molecule has 0 saturated carbocycles. The summed E-state index contributed by atoms with van der Waals surface area (Å²) in [5.74, 6) is 2.03. The smallest absolute Gasteiger partial charge is 0.161 e. The fourth-order valence-corrected chi connectivity index (χ4v) is 4.01. The molecule has 0 fully saturated rings. The zero-order chi connectivity index (χ0) is 24.9. The predicted octanol–water partition coefficient (Wildman–Crippen LogP) is 5.87. The molecule has 0 spiro atoms. The zero-order valence-electron chi connectivity index (χ0n) is 21.5. The van der Waals surface area contributed by atoms with Crippen molar-refractivity contribution >= 4 is 5.70 Å². The topological polar surface area (TPSA) is 49.4 Å². The normalized spacial score (nSPS) is 17.4. The standard InChI is InChI=1S/C28H39NO5/c1-9-32-20(3)23-16-29-17-27(34-18-28(4,5)6)22-15-26(33-12-10-11-30-7)25(31-8)14-21(22)24(29)13-19(23)2/h13-16,27H,2-3,9-12,17-18H2,1,4-8H3/t27-/m0/s1. The Morgan fingerprint density at radius 3 is 2.56 bits per heavy atom. The van der Waals surface area contributed by atoms with E-state index < -0.39 is 0 Å². The molecule has 0 aromatic heterocycles.